The highest BCUT2D eigenvalue weighted by Gasteiger charge is 2.20. The second-order valence-corrected chi connectivity index (χ2v) is 8.66. The smallest absolute Gasteiger partial charge is 0.332 e. The molecule has 2 aromatic carbocycles. The summed E-state index contributed by atoms with van der Waals surface area (Å²) in [5, 5.41) is 7.74. The van der Waals surface area contributed by atoms with Gasteiger partial charge in [0.05, 0.1) is 35.6 Å². The van der Waals surface area contributed by atoms with Gasteiger partial charge in [-0.15, -0.1) is 0 Å². The molecule has 186 valence electrons. The van der Waals surface area contributed by atoms with Crippen molar-refractivity contribution < 1.29 is 9.53 Å². The molecule has 0 aliphatic carbocycles. The molecular weight excluding hydrogens is 472 g/mol. The van der Waals surface area contributed by atoms with Crippen LogP contribution in [0.2, 0.25) is 0 Å². The van der Waals surface area contributed by atoms with Gasteiger partial charge in [0.2, 0.25) is 0 Å². The first kappa shape index (κ1) is 23.7. The molecule has 1 amide bonds. The molecule has 0 aliphatic rings. The second kappa shape index (κ2) is 9.23. The van der Waals surface area contributed by atoms with Crippen molar-refractivity contribution in [2.24, 2.45) is 14.1 Å². The van der Waals surface area contributed by atoms with Gasteiger partial charge in [0.25, 0.3) is 11.5 Å². The normalized spacial score (nSPS) is 11.0. The van der Waals surface area contributed by atoms with Crippen molar-refractivity contribution in [3.63, 3.8) is 0 Å². The molecule has 5 rings (SSSR count). The number of ether oxygens (including phenoxy) is 1. The van der Waals surface area contributed by atoms with Gasteiger partial charge in [-0.25, -0.2) is 14.5 Å². The number of methoxy groups -OCH3 is 1. The van der Waals surface area contributed by atoms with Crippen molar-refractivity contribution in [1.29, 1.82) is 0 Å². The zero-order valence-electron chi connectivity index (χ0n) is 20.7. The molecule has 37 heavy (non-hydrogen) atoms. The molecule has 0 unspecified atom stereocenters. The van der Waals surface area contributed by atoms with Gasteiger partial charge in [0, 0.05) is 25.9 Å². The van der Waals surface area contributed by atoms with Gasteiger partial charge < -0.3 is 10.1 Å². The number of hydrogen-bond donors (Lipinski definition) is 1. The molecular formula is C27H24N6O4. The Morgan fingerprint density at radius 3 is 2.49 bits per heavy atom. The van der Waals surface area contributed by atoms with E-state index in [0.717, 1.165) is 15.8 Å². The third-order valence-electron chi connectivity index (χ3n) is 6.15. The number of hydrogen-bond acceptors (Lipinski definition) is 6. The van der Waals surface area contributed by atoms with Gasteiger partial charge in [0.15, 0.2) is 0 Å². The number of aryl methyl sites for hydroxylation is 2. The van der Waals surface area contributed by atoms with Gasteiger partial charge in [-0.05, 0) is 37.3 Å². The van der Waals surface area contributed by atoms with Crippen LogP contribution in [0.4, 0.5) is 5.69 Å². The summed E-state index contributed by atoms with van der Waals surface area (Å²) >= 11 is 0. The molecule has 0 aliphatic heterocycles. The maximum Gasteiger partial charge on any atom is 0.332 e. The maximum absolute atomic E-state index is 13.5. The summed E-state index contributed by atoms with van der Waals surface area (Å²) in [6.07, 6.45) is 3.07. The Morgan fingerprint density at radius 2 is 1.76 bits per heavy atom. The fourth-order valence-corrected chi connectivity index (χ4v) is 4.09. The number of carbonyl (C=O) groups is 1. The molecule has 0 spiro atoms. The number of fused-ring (bicyclic) bond motifs is 1. The molecule has 3 heterocycles. The Balaban J connectivity index is 1.59. The van der Waals surface area contributed by atoms with Crippen LogP contribution in [0.3, 0.4) is 0 Å². The van der Waals surface area contributed by atoms with Crippen molar-refractivity contribution in [1.82, 2.24) is 23.9 Å². The lowest BCUT2D eigenvalue weighted by atomic mass is 10.1. The van der Waals surface area contributed by atoms with Crippen LogP contribution in [0.5, 0.6) is 5.75 Å². The van der Waals surface area contributed by atoms with Crippen molar-refractivity contribution >= 4 is 22.6 Å². The standard InChI is InChI=1S/C27H24N6O4/c1-16-8-10-19(11-9-16)33-15-22(23(30-33)17-6-5-7-20(12-17)37-4)25(34)29-18-13-21-24(28-14-18)31(2)27(36)32(3)26(21)35/h5-15H,1-4H3,(H,29,34). The monoisotopic (exact) mass is 496 g/mol. The largest absolute Gasteiger partial charge is 0.497 e. The minimum Gasteiger partial charge on any atom is -0.497 e. The third kappa shape index (κ3) is 4.29. The third-order valence-corrected chi connectivity index (χ3v) is 6.15. The van der Waals surface area contributed by atoms with E-state index in [-0.39, 0.29) is 11.0 Å². The average Bonchev–Trinajstić information content (AvgIpc) is 3.37. The SMILES string of the molecule is COc1cccc(-c2nn(-c3ccc(C)cc3)cc2C(=O)Nc2cnc3c(c2)c(=O)n(C)c(=O)n3C)c1. The van der Waals surface area contributed by atoms with Gasteiger partial charge in [-0.1, -0.05) is 29.8 Å². The Hall–Kier alpha value is -4.99. The van der Waals surface area contributed by atoms with Crippen LogP contribution in [0.15, 0.2) is 76.6 Å². The lowest BCUT2D eigenvalue weighted by Crippen LogP contribution is -2.37. The summed E-state index contributed by atoms with van der Waals surface area (Å²) in [5.41, 5.74) is 2.96. The van der Waals surface area contributed by atoms with Gasteiger partial charge >= 0.3 is 5.69 Å². The van der Waals surface area contributed by atoms with Crippen LogP contribution in [-0.2, 0) is 14.1 Å². The number of amides is 1. The molecule has 0 fully saturated rings. The van der Waals surface area contributed by atoms with E-state index in [0.29, 0.717) is 28.3 Å². The van der Waals surface area contributed by atoms with E-state index >= 15 is 0 Å². The highest BCUT2D eigenvalue weighted by Crippen LogP contribution is 2.28. The fourth-order valence-electron chi connectivity index (χ4n) is 4.09. The number of benzene rings is 2. The molecule has 0 atom stereocenters. The van der Waals surface area contributed by atoms with Crippen LogP contribution in [0.25, 0.3) is 28.0 Å². The second-order valence-electron chi connectivity index (χ2n) is 8.66. The number of aromatic nitrogens is 5. The molecule has 0 bridgehead atoms. The van der Waals surface area contributed by atoms with Crippen LogP contribution in [-0.4, -0.2) is 36.9 Å². The van der Waals surface area contributed by atoms with E-state index in [9.17, 15) is 14.4 Å². The molecule has 0 saturated carbocycles. The van der Waals surface area contributed by atoms with Crippen molar-refractivity contribution in [3.8, 4) is 22.7 Å². The number of rotatable bonds is 5. The summed E-state index contributed by atoms with van der Waals surface area (Å²) in [6, 6.07) is 16.6. The Morgan fingerprint density at radius 1 is 1.00 bits per heavy atom. The molecule has 5 aromatic rings. The summed E-state index contributed by atoms with van der Waals surface area (Å²) in [7, 11) is 4.51. The van der Waals surface area contributed by atoms with Crippen LogP contribution >= 0.6 is 0 Å². The highest BCUT2D eigenvalue weighted by atomic mass is 16.5. The molecule has 3 aromatic heterocycles. The summed E-state index contributed by atoms with van der Waals surface area (Å²) in [4.78, 5) is 42.6. The van der Waals surface area contributed by atoms with Crippen LogP contribution in [0.1, 0.15) is 15.9 Å². The van der Waals surface area contributed by atoms with Crippen molar-refractivity contribution in [2.45, 2.75) is 6.92 Å². The minimum atomic E-state index is -0.494. The van der Waals surface area contributed by atoms with E-state index in [1.54, 1.807) is 24.1 Å². The number of carbonyl (C=O) groups excluding carboxylic acids is 1. The Bertz CT molecular complexity index is 1780. The minimum absolute atomic E-state index is 0.214. The first-order chi connectivity index (χ1) is 17.8. The van der Waals surface area contributed by atoms with E-state index in [1.807, 2.05) is 49.4 Å². The molecule has 1 N–H and O–H groups in total. The number of pyridine rings is 1. The van der Waals surface area contributed by atoms with E-state index < -0.39 is 17.2 Å². The number of nitrogens with zero attached hydrogens (tertiary/aromatic N) is 5. The molecule has 10 nitrogen and oxygen atoms in total. The maximum atomic E-state index is 13.5. The Kier molecular flexibility index (Phi) is 5.92. The van der Waals surface area contributed by atoms with Gasteiger partial charge in [-0.3, -0.25) is 18.7 Å². The highest BCUT2D eigenvalue weighted by molar-refractivity contribution is 6.08. The summed E-state index contributed by atoms with van der Waals surface area (Å²) in [5.74, 6) is 0.202. The predicted molar refractivity (Wildman–Crippen MR) is 140 cm³/mol. The van der Waals surface area contributed by atoms with E-state index in [4.69, 9.17) is 9.84 Å². The quantitative estimate of drug-likeness (QED) is 0.400. The zero-order valence-corrected chi connectivity index (χ0v) is 20.7. The average molecular weight is 497 g/mol. The molecule has 0 saturated heterocycles. The van der Waals surface area contributed by atoms with Crippen molar-refractivity contribution in [3.05, 3.63) is 99.0 Å². The number of anilines is 1. The lowest BCUT2D eigenvalue weighted by Gasteiger charge is -2.09. The van der Waals surface area contributed by atoms with E-state index in [1.165, 1.54) is 30.9 Å². The van der Waals surface area contributed by atoms with E-state index in [2.05, 4.69) is 10.3 Å². The molecule has 0 radical (unpaired) electrons. The zero-order chi connectivity index (χ0) is 26.3. The summed E-state index contributed by atoms with van der Waals surface area (Å²) < 4.78 is 9.29. The van der Waals surface area contributed by atoms with Crippen LogP contribution in [0, 0.1) is 6.92 Å². The fraction of sp³-hybridized carbons (Fsp3) is 0.148. The van der Waals surface area contributed by atoms with Gasteiger partial charge in [-0.2, -0.15) is 5.10 Å². The Labute approximate surface area is 211 Å². The topological polar surface area (TPSA) is 113 Å². The molecule has 10 heteroatoms. The number of nitrogens with one attached hydrogen (secondary N) is 1. The predicted octanol–water partition coefficient (Wildman–Crippen LogP) is 3.05. The van der Waals surface area contributed by atoms with Crippen LogP contribution < -0.4 is 21.3 Å². The first-order valence-corrected chi connectivity index (χ1v) is 11.4. The summed E-state index contributed by atoms with van der Waals surface area (Å²) in [6.45, 7) is 2.00. The lowest BCUT2D eigenvalue weighted by molar-refractivity contribution is 0.102. The first-order valence-electron chi connectivity index (χ1n) is 11.4. The van der Waals surface area contributed by atoms with Gasteiger partial charge in [0.1, 0.15) is 17.1 Å². The van der Waals surface area contributed by atoms with Crippen molar-refractivity contribution in [2.75, 3.05) is 12.4 Å².